The molecule has 15 heavy (non-hydrogen) atoms. The first-order valence-corrected chi connectivity index (χ1v) is 6.73. The van der Waals surface area contributed by atoms with Gasteiger partial charge in [0, 0.05) is 37.6 Å². The molecular formula is C11H15BrN2S. The van der Waals surface area contributed by atoms with Crippen LogP contribution < -0.4 is 5.32 Å². The second-order valence-electron chi connectivity index (χ2n) is 3.73. The molecule has 1 N–H and O–H groups in total. The first kappa shape index (κ1) is 11.3. The highest BCUT2D eigenvalue weighted by molar-refractivity contribution is 9.11. The van der Waals surface area contributed by atoms with Crippen LogP contribution in [0.5, 0.6) is 0 Å². The molecule has 0 radical (unpaired) electrons. The Balaban J connectivity index is 1.91. The zero-order valence-corrected chi connectivity index (χ0v) is 11.0. The van der Waals surface area contributed by atoms with E-state index in [0.717, 1.165) is 32.7 Å². The number of hydrogen-bond donors (Lipinski definition) is 1. The van der Waals surface area contributed by atoms with Crippen LogP contribution in [0.1, 0.15) is 4.88 Å². The summed E-state index contributed by atoms with van der Waals surface area (Å²) in [7, 11) is 0. The van der Waals surface area contributed by atoms with Crippen LogP contribution in [-0.2, 0) is 0 Å². The Kier molecular flexibility index (Phi) is 3.97. The van der Waals surface area contributed by atoms with Gasteiger partial charge >= 0.3 is 0 Å². The summed E-state index contributed by atoms with van der Waals surface area (Å²) in [6, 6.07) is 4.22. The molecule has 1 saturated heterocycles. The van der Waals surface area contributed by atoms with E-state index >= 15 is 0 Å². The summed E-state index contributed by atoms with van der Waals surface area (Å²) in [5.74, 6) is 0. The topological polar surface area (TPSA) is 15.3 Å². The molecule has 0 aromatic carbocycles. The van der Waals surface area contributed by atoms with Crippen LogP contribution in [0.3, 0.4) is 0 Å². The van der Waals surface area contributed by atoms with E-state index in [1.54, 1.807) is 11.3 Å². The predicted molar refractivity (Wildman–Crippen MR) is 70.4 cm³/mol. The highest BCUT2D eigenvalue weighted by atomic mass is 79.9. The molecule has 1 aliphatic rings. The van der Waals surface area contributed by atoms with Gasteiger partial charge in [0.15, 0.2) is 0 Å². The summed E-state index contributed by atoms with van der Waals surface area (Å²) in [6.07, 6.45) is 0. The molecule has 2 nitrogen and oxygen atoms in total. The third-order valence-electron chi connectivity index (χ3n) is 2.55. The number of halogens is 1. The SMILES string of the molecule is C=C(CN1CCNCC1)c1ccc(Br)s1. The maximum Gasteiger partial charge on any atom is 0.0704 e. The van der Waals surface area contributed by atoms with Crippen LogP contribution in [0.25, 0.3) is 5.57 Å². The number of rotatable bonds is 3. The van der Waals surface area contributed by atoms with Gasteiger partial charge in [0.25, 0.3) is 0 Å². The van der Waals surface area contributed by atoms with Crippen LogP contribution in [0.15, 0.2) is 22.5 Å². The molecule has 1 aromatic rings. The van der Waals surface area contributed by atoms with E-state index in [9.17, 15) is 0 Å². The summed E-state index contributed by atoms with van der Waals surface area (Å²) < 4.78 is 1.18. The Morgan fingerprint density at radius 2 is 2.20 bits per heavy atom. The predicted octanol–water partition coefficient (Wildman–Crippen LogP) is 2.43. The molecule has 2 heterocycles. The van der Waals surface area contributed by atoms with E-state index < -0.39 is 0 Å². The van der Waals surface area contributed by atoms with Gasteiger partial charge in [0.2, 0.25) is 0 Å². The van der Waals surface area contributed by atoms with Gasteiger partial charge in [-0.3, -0.25) is 4.90 Å². The second kappa shape index (κ2) is 5.25. The normalized spacial score (nSPS) is 17.9. The molecule has 0 atom stereocenters. The van der Waals surface area contributed by atoms with Crippen LogP contribution >= 0.6 is 27.3 Å². The van der Waals surface area contributed by atoms with E-state index in [-0.39, 0.29) is 0 Å². The smallest absolute Gasteiger partial charge is 0.0704 e. The zero-order chi connectivity index (χ0) is 10.7. The van der Waals surface area contributed by atoms with Gasteiger partial charge in [-0.25, -0.2) is 0 Å². The fourth-order valence-electron chi connectivity index (χ4n) is 1.72. The third-order valence-corrected chi connectivity index (χ3v) is 4.27. The summed E-state index contributed by atoms with van der Waals surface area (Å²) in [6.45, 7) is 9.61. The molecule has 0 amide bonds. The standard InChI is InChI=1S/C11H15BrN2S/c1-9(10-2-3-11(12)15-10)8-14-6-4-13-5-7-14/h2-3,13H,1,4-8H2. The lowest BCUT2D eigenvalue weighted by Crippen LogP contribution is -2.43. The van der Waals surface area contributed by atoms with Gasteiger partial charge in [-0.05, 0) is 33.6 Å². The number of nitrogens with zero attached hydrogens (tertiary/aromatic N) is 1. The first-order chi connectivity index (χ1) is 7.25. The summed E-state index contributed by atoms with van der Waals surface area (Å²) in [5, 5.41) is 3.36. The largest absolute Gasteiger partial charge is 0.314 e. The molecule has 1 aromatic heterocycles. The molecule has 82 valence electrons. The molecule has 2 rings (SSSR count). The van der Waals surface area contributed by atoms with E-state index in [1.165, 1.54) is 14.2 Å². The minimum Gasteiger partial charge on any atom is -0.314 e. The summed E-state index contributed by atoms with van der Waals surface area (Å²) >= 11 is 5.24. The average Bonchev–Trinajstić information content (AvgIpc) is 2.66. The number of thiophene rings is 1. The Labute approximate surface area is 103 Å². The highest BCUT2D eigenvalue weighted by Crippen LogP contribution is 2.27. The van der Waals surface area contributed by atoms with Crippen LogP contribution in [-0.4, -0.2) is 37.6 Å². The molecule has 0 saturated carbocycles. The minimum absolute atomic E-state index is 0.995. The highest BCUT2D eigenvalue weighted by Gasteiger charge is 2.11. The lowest BCUT2D eigenvalue weighted by molar-refractivity contribution is 0.268. The van der Waals surface area contributed by atoms with Crippen molar-refractivity contribution >= 4 is 32.8 Å². The monoisotopic (exact) mass is 286 g/mol. The van der Waals surface area contributed by atoms with Crippen molar-refractivity contribution in [1.82, 2.24) is 10.2 Å². The minimum atomic E-state index is 0.995. The quantitative estimate of drug-likeness (QED) is 0.918. The fraction of sp³-hybridized carbons (Fsp3) is 0.455. The lowest BCUT2D eigenvalue weighted by atomic mass is 10.2. The summed E-state index contributed by atoms with van der Waals surface area (Å²) in [4.78, 5) is 3.74. The zero-order valence-electron chi connectivity index (χ0n) is 8.63. The van der Waals surface area contributed by atoms with Crippen molar-refractivity contribution in [2.24, 2.45) is 0 Å². The second-order valence-corrected chi connectivity index (χ2v) is 6.20. The van der Waals surface area contributed by atoms with Gasteiger partial charge in [0.1, 0.15) is 0 Å². The van der Waals surface area contributed by atoms with E-state index in [1.807, 2.05) is 0 Å². The Morgan fingerprint density at radius 3 is 2.80 bits per heavy atom. The van der Waals surface area contributed by atoms with Crippen molar-refractivity contribution in [3.8, 4) is 0 Å². The molecule has 1 fully saturated rings. The maximum atomic E-state index is 4.16. The fourth-order valence-corrected chi connectivity index (χ4v) is 3.07. The van der Waals surface area contributed by atoms with Gasteiger partial charge in [-0.15, -0.1) is 11.3 Å². The van der Waals surface area contributed by atoms with Crippen LogP contribution in [0, 0.1) is 0 Å². The van der Waals surface area contributed by atoms with Gasteiger partial charge in [-0.2, -0.15) is 0 Å². The van der Waals surface area contributed by atoms with E-state index in [2.05, 4.69) is 44.9 Å². The number of hydrogen-bond acceptors (Lipinski definition) is 3. The van der Waals surface area contributed by atoms with E-state index in [4.69, 9.17) is 0 Å². The Hall–Kier alpha value is -0.160. The van der Waals surface area contributed by atoms with E-state index in [0.29, 0.717) is 0 Å². The van der Waals surface area contributed by atoms with Crippen molar-refractivity contribution in [2.75, 3.05) is 32.7 Å². The third kappa shape index (κ3) is 3.14. The molecule has 0 aliphatic carbocycles. The molecule has 4 heteroatoms. The van der Waals surface area contributed by atoms with Crippen molar-refractivity contribution < 1.29 is 0 Å². The molecule has 0 spiro atoms. The number of nitrogens with one attached hydrogen (secondary N) is 1. The lowest BCUT2D eigenvalue weighted by Gasteiger charge is -2.27. The average molecular weight is 287 g/mol. The van der Waals surface area contributed by atoms with Crippen molar-refractivity contribution in [2.45, 2.75) is 0 Å². The van der Waals surface area contributed by atoms with Gasteiger partial charge < -0.3 is 5.32 Å². The molecule has 1 aliphatic heterocycles. The summed E-state index contributed by atoms with van der Waals surface area (Å²) in [5.41, 5.74) is 1.23. The molecule has 0 unspecified atom stereocenters. The van der Waals surface area contributed by atoms with Crippen molar-refractivity contribution in [3.63, 3.8) is 0 Å². The number of piperazine rings is 1. The Bertz CT molecular complexity index is 342. The molecule has 0 bridgehead atoms. The Morgan fingerprint density at radius 1 is 1.47 bits per heavy atom. The molecular weight excluding hydrogens is 272 g/mol. The van der Waals surface area contributed by atoms with Gasteiger partial charge in [-0.1, -0.05) is 6.58 Å². The van der Waals surface area contributed by atoms with Crippen molar-refractivity contribution in [3.05, 3.63) is 27.4 Å². The maximum absolute atomic E-state index is 4.16. The van der Waals surface area contributed by atoms with Crippen LogP contribution in [0.4, 0.5) is 0 Å². The van der Waals surface area contributed by atoms with Crippen LogP contribution in [0.2, 0.25) is 0 Å². The van der Waals surface area contributed by atoms with Gasteiger partial charge in [0.05, 0.1) is 3.79 Å². The first-order valence-electron chi connectivity index (χ1n) is 5.12. The van der Waals surface area contributed by atoms with Crippen molar-refractivity contribution in [1.29, 1.82) is 0 Å².